The number of halogens is 2. The topological polar surface area (TPSA) is 84.9 Å². The molecule has 8 heteroatoms. The van der Waals surface area contributed by atoms with Crippen LogP contribution in [0.25, 0.3) is 0 Å². The third-order valence-corrected chi connectivity index (χ3v) is 2.78. The van der Waals surface area contributed by atoms with Gasteiger partial charge in [0.1, 0.15) is 6.61 Å². The lowest BCUT2D eigenvalue weighted by Gasteiger charge is -2.09. The van der Waals surface area contributed by atoms with Crippen molar-refractivity contribution in [2.24, 2.45) is 0 Å². The zero-order valence-corrected chi connectivity index (χ0v) is 12.1. The van der Waals surface area contributed by atoms with E-state index in [1.54, 1.807) is 0 Å². The van der Waals surface area contributed by atoms with Crippen molar-refractivity contribution in [2.75, 3.05) is 26.9 Å². The van der Waals surface area contributed by atoms with Crippen LogP contribution in [0.5, 0.6) is 5.75 Å². The Morgan fingerprint density at radius 1 is 1.30 bits per heavy atom. The fraction of sp³-hybridized carbons (Fsp3) is 0.333. The van der Waals surface area contributed by atoms with Crippen molar-refractivity contribution in [2.45, 2.75) is 0 Å². The van der Waals surface area contributed by atoms with Gasteiger partial charge < -0.3 is 19.9 Å². The zero-order valence-electron chi connectivity index (χ0n) is 10.6. The summed E-state index contributed by atoms with van der Waals surface area (Å²) in [6.07, 6.45) is 0. The number of amides is 1. The fourth-order valence-electron chi connectivity index (χ4n) is 1.38. The van der Waals surface area contributed by atoms with E-state index in [0.717, 1.165) is 0 Å². The van der Waals surface area contributed by atoms with Gasteiger partial charge in [-0.2, -0.15) is 0 Å². The molecule has 0 unspecified atom stereocenters. The van der Waals surface area contributed by atoms with Gasteiger partial charge in [-0.05, 0) is 12.1 Å². The molecule has 1 aromatic carbocycles. The lowest BCUT2D eigenvalue weighted by Crippen LogP contribution is -2.28. The highest BCUT2D eigenvalue weighted by Gasteiger charge is 2.13. The number of hydrogen-bond donors (Lipinski definition) is 2. The van der Waals surface area contributed by atoms with E-state index >= 15 is 0 Å². The van der Waals surface area contributed by atoms with E-state index in [1.807, 2.05) is 0 Å². The first-order valence-corrected chi connectivity index (χ1v) is 6.32. The highest BCUT2D eigenvalue weighted by atomic mass is 35.5. The molecule has 1 rings (SSSR count). The van der Waals surface area contributed by atoms with Gasteiger partial charge in [0.15, 0.2) is 5.75 Å². The highest BCUT2D eigenvalue weighted by molar-refractivity contribution is 6.37. The van der Waals surface area contributed by atoms with E-state index in [9.17, 15) is 9.59 Å². The summed E-state index contributed by atoms with van der Waals surface area (Å²) in [5.41, 5.74) is 0.277. The van der Waals surface area contributed by atoms with Crippen LogP contribution in [0, 0.1) is 0 Å². The Kier molecular flexibility index (Phi) is 6.57. The second-order valence-electron chi connectivity index (χ2n) is 3.68. The smallest absolute Gasteiger partial charge is 0.329 e. The van der Waals surface area contributed by atoms with Crippen molar-refractivity contribution in [3.05, 3.63) is 27.7 Å². The standard InChI is InChI=1S/C12H13Cl2NO5/c1-19-11-8(13)4-7(5-9(11)14)12(18)15-2-3-20-6-10(16)17/h4-5H,2-3,6H2,1H3,(H,15,18)(H,16,17). The summed E-state index contributed by atoms with van der Waals surface area (Å²) < 4.78 is 9.75. The van der Waals surface area contributed by atoms with Crippen molar-refractivity contribution in [1.82, 2.24) is 5.32 Å². The maximum absolute atomic E-state index is 11.8. The van der Waals surface area contributed by atoms with Crippen LogP contribution in [0.4, 0.5) is 0 Å². The number of carboxylic acids is 1. The highest BCUT2D eigenvalue weighted by Crippen LogP contribution is 2.33. The summed E-state index contributed by atoms with van der Waals surface area (Å²) >= 11 is 11.8. The third kappa shape index (κ3) is 4.88. The van der Waals surface area contributed by atoms with Crippen LogP contribution in [0.1, 0.15) is 10.4 Å². The zero-order chi connectivity index (χ0) is 15.1. The van der Waals surface area contributed by atoms with Gasteiger partial charge in [0, 0.05) is 12.1 Å². The Bertz CT molecular complexity index is 484. The minimum atomic E-state index is -1.06. The Labute approximate surface area is 125 Å². The number of benzene rings is 1. The first-order chi connectivity index (χ1) is 9.45. The summed E-state index contributed by atoms with van der Waals surface area (Å²) in [6.45, 7) is -0.140. The normalized spacial score (nSPS) is 10.2. The molecule has 0 heterocycles. The summed E-state index contributed by atoms with van der Waals surface area (Å²) in [4.78, 5) is 22.0. The summed E-state index contributed by atoms with van der Waals surface area (Å²) in [7, 11) is 1.42. The third-order valence-electron chi connectivity index (χ3n) is 2.22. The number of aliphatic carboxylic acids is 1. The molecule has 0 aliphatic carbocycles. The maximum atomic E-state index is 11.8. The quantitative estimate of drug-likeness (QED) is 0.748. The fourth-order valence-corrected chi connectivity index (χ4v) is 2.03. The number of hydrogen-bond acceptors (Lipinski definition) is 4. The molecule has 0 saturated carbocycles. The average molecular weight is 322 g/mol. The predicted octanol–water partition coefficient (Wildman–Crippen LogP) is 1.83. The molecule has 6 nitrogen and oxygen atoms in total. The summed E-state index contributed by atoms with van der Waals surface area (Å²) in [5, 5.41) is 11.4. The second-order valence-corrected chi connectivity index (χ2v) is 4.49. The molecular formula is C12H13Cl2NO5. The monoisotopic (exact) mass is 321 g/mol. The van der Waals surface area contributed by atoms with E-state index in [2.05, 4.69) is 5.32 Å². The number of nitrogens with one attached hydrogen (secondary N) is 1. The molecule has 0 spiro atoms. The first-order valence-electron chi connectivity index (χ1n) is 5.56. The molecule has 0 radical (unpaired) electrons. The predicted molar refractivity (Wildman–Crippen MR) is 73.8 cm³/mol. The molecule has 20 heavy (non-hydrogen) atoms. The molecule has 0 saturated heterocycles. The van der Waals surface area contributed by atoms with Crippen molar-refractivity contribution >= 4 is 35.1 Å². The number of rotatable bonds is 7. The van der Waals surface area contributed by atoms with Gasteiger partial charge >= 0.3 is 5.97 Å². The van der Waals surface area contributed by atoms with Crippen molar-refractivity contribution in [3.8, 4) is 5.75 Å². The largest absolute Gasteiger partial charge is 0.494 e. The van der Waals surface area contributed by atoms with Crippen molar-refractivity contribution < 1.29 is 24.2 Å². The molecule has 0 fully saturated rings. The van der Waals surface area contributed by atoms with Crippen molar-refractivity contribution in [1.29, 1.82) is 0 Å². The molecule has 0 aliphatic rings. The van der Waals surface area contributed by atoms with Crippen LogP contribution in [-0.4, -0.2) is 43.9 Å². The number of methoxy groups -OCH3 is 1. The van der Waals surface area contributed by atoms with E-state index in [0.29, 0.717) is 5.75 Å². The lowest BCUT2D eigenvalue weighted by atomic mass is 10.2. The minimum absolute atomic E-state index is 0.0929. The van der Waals surface area contributed by atoms with Gasteiger partial charge in [0.25, 0.3) is 5.91 Å². The molecule has 1 amide bonds. The molecule has 0 aliphatic heterocycles. The summed E-state index contributed by atoms with van der Waals surface area (Å²) in [6, 6.07) is 2.86. The maximum Gasteiger partial charge on any atom is 0.329 e. The van der Waals surface area contributed by atoms with E-state index < -0.39 is 18.5 Å². The molecule has 1 aromatic rings. The number of carboxylic acid groups (broad SMARTS) is 1. The van der Waals surface area contributed by atoms with Crippen LogP contribution in [0.2, 0.25) is 10.0 Å². The van der Waals surface area contributed by atoms with Gasteiger partial charge in [0.05, 0.1) is 23.8 Å². The SMILES string of the molecule is COc1c(Cl)cc(C(=O)NCCOCC(=O)O)cc1Cl. The molecule has 110 valence electrons. The first kappa shape index (κ1) is 16.6. The van der Waals surface area contributed by atoms with E-state index in [1.165, 1.54) is 19.2 Å². The molecule has 0 atom stereocenters. The summed E-state index contributed by atoms with van der Waals surface area (Å²) in [5.74, 6) is -1.16. The lowest BCUT2D eigenvalue weighted by molar-refractivity contribution is -0.142. The van der Waals surface area contributed by atoms with E-state index in [-0.39, 0.29) is 28.8 Å². The Morgan fingerprint density at radius 2 is 1.90 bits per heavy atom. The Morgan fingerprint density at radius 3 is 2.40 bits per heavy atom. The number of ether oxygens (including phenoxy) is 2. The molecule has 0 bridgehead atoms. The molecular weight excluding hydrogens is 309 g/mol. The van der Waals surface area contributed by atoms with Crippen LogP contribution in [-0.2, 0) is 9.53 Å². The Balaban J connectivity index is 2.54. The van der Waals surface area contributed by atoms with Crippen molar-refractivity contribution in [3.63, 3.8) is 0 Å². The Hall–Kier alpha value is -1.50. The van der Waals surface area contributed by atoms with Crippen LogP contribution in [0.3, 0.4) is 0 Å². The minimum Gasteiger partial charge on any atom is -0.494 e. The van der Waals surface area contributed by atoms with Gasteiger partial charge in [0.2, 0.25) is 0 Å². The average Bonchev–Trinajstić information content (AvgIpc) is 2.37. The van der Waals surface area contributed by atoms with Gasteiger partial charge in [-0.15, -0.1) is 0 Å². The van der Waals surface area contributed by atoms with Crippen LogP contribution in [0.15, 0.2) is 12.1 Å². The number of carbonyl (C=O) groups is 2. The van der Waals surface area contributed by atoms with E-state index in [4.69, 9.17) is 37.8 Å². The van der Waals surface area contributed by atoms with Crippen LogP contribution >= 0.6 is 23.2 Å². The molecule has 2 N–H and O–H groups in total. The second kappa shape index (κ2) is 7.94. The number of carbonyl (C=O) groups excluding carboxylic acids is 1. The molecule has 0 aromatic heterocycles. The van der Waals surface area contributed by atoms with Crippen LogP contribution < -0.4 is 10.1 Å². The van der Waals surface area contributed by atoms with Gasteiger partial charge in [-0.25, -0.2) is 4.79 Å². The van der Waals surface area contributed by atoms with Gasteiger partial charge in [-0.1, -0.05) is 23.2 Å². The van der Waals surface area contributed by atoms with Gasteiger partial charge in [-0.3, -0.25) is 4.79 Å².